The van der Waals surface area contributed by atoms with Crippen molar-refractivity contribution in [3.63, 3.8) is 0 Å². The Morgan fingerprint density at radius 3 is 2.43 bits per heavy atom. The van der Waals surface area contributed by atoms with Crippen LogP contribution in [0.2, 0.25) is 0 Å². The predicted octanol–water partition coefficient (Wildman–Crippen LogP) is 4.13. The lowest BCUT2D eigenvalue weighted by Gasteiger charge is -2.39. The lowest BCUT2D eigenvalue weighted by molar-refractivity contribution is -0.140. The van der Waals surface area contributed by atoms with E-state index in [4.69, 9.17) is 10.5 Å². The second-order valence-electron chi connectivity index (χ2n) is 11.5. The van der Waals surface area contributed by atoms with Crippen LogP contribution in [0.4, 0.5) is 13.2 Å². The first kappa shape index (κ1) is 31.9. The summed E-state index contributed by atoms with van der Waals surface area (Å²) >= 11 is 0. The number of nitrogens with two attached hydrogens (primary N) is 1. The molecule has 0 radical (unpaired) electrons. The van der Waals surface area contributed by atoms with Gasteiger partial charge in [0.2, 0.25) is 15.9 Å². The topological polar surface area (TPSA) is 101 Å². The summed E-state index contributed by atoms with van der Waals surface area (Å²) in [6.45, 7) is 6.55. The first-order valence-electron chi connectivity index (χ1n) is 14.6. The molecule has 1 atom stereocenters. The summed E-state index contributed by atoms with van der Waals surface area (Å²) in [6, 6.07) is 6.77. The van der Waals surface area contributed by atoms with Crippen molar-refractivity contribution in [3.8, 4) is 0 Å². The van der Waals surface area contributed by atoms with Crippen LogP contribution in [0.5, 0.6) is 0 Å². The fourth-order valence-electron chi connectivity index (χ4n) is 6.58. The summed E-state index contributed by atoms with van der Waals surface area (Å²) in [7, 11) is -4.55. The normalized spacial score (nSPS) is 21.2. The Kier molecular flexibility index (Phi) is 9.28. The number of aromatic nitrogens is 1. The summed E-state index contributed by atoms with van der Waals surface area (Å²) in [5.41, 5.74) is 6.12. The van der Waals surface area contributed by atoms with Crippen LogP contribution in [0.3, 0.4) is 0 Å². The Labute approximate surface area is 256 Å². The highest BCUT2D eigenvalue weighted by atomic mass is 32.2. The molecule has 238 valence electrons. The van der Waals surface area contributed by atoms with Gasteiger partial charge in [-0.15, -0.1) is 0 Å². The van der Waals surface area contributed by atoms with Crippen molar-refractivity contribution in [3.05, 3.63) is 90.6 Å². The number of hydrogen-bond donors (Lipinski definition) is 1. The summed E-state index contributed by atoms with van der Waals surface area (Å²) in [5.74, 6) is -0.198. The minimum atomic E-state index is -4.84. The van der Waals surface area contributed by atoms with E-state index in [0.29, 0.717) is 18.8 Å². The number of carbonyl (C=O) groups excluding carboxylic acids is 1. The van der Waals surface area contributed by atoms with Crippen molar-refractivity contribution in [2.45, 2.75) is 42.9 Å². The fourth-order valence-corrected chi connectivity index (χ4v) is 8.37. The number of carbonyl (C=O) groups is 1. The number of piperidine rings is 1. The first-order valence-corrected chi connectivity index (χ1v) is 16.1. The molecular weight excluding hydrogens is 595 g/mol. The molecule has 13 heteroatoms. The minimum absolute atomic E-state index is 0.0336. The third-order valence-electron chi connectivity index (χ3n) is 8.93. The van der Waals surface area contributed by atoms with E-state index < -0.39 is 32.7 Å². The summed E-state index contributed by atoms with van der Waals surface area (Å²) < 4.78 is 77.3. The van der Waals surface area contributed by atoms with Gasteiger partial charge < -0.3 is 24.8 Å². The number of ether oxygens (including phenoxy) is 1. The molecule has 3 aliphatic heterocycles. The summed E-state index contributed by atoms with van der Waals surface area (Å²) in [6.07, 6.45) is 6.72. The largest absolute Gasteiger partial charge is 0.417 e. The molecule has 1 aromatic heterocycles. The van der Waals surface area contributed by atoms with Crippen LogP contribution in [0.1, 0.15) is 36.6 Å². The molecule has 2 aromatic rings. The van der Waals surface area contributed by atoms with Crippen LogP contribution in [0.15, 0.2) is 84.2 Å². The van der Waals surface area contributed by atoms with Crippen molar-refractivity contribution < 1.29 is 31.1 Å². The lowest BCUT2D eigenvalue weighted by Crippen LogP contribution is -2.46. The number of nitrogens with zero attached hydrogens (tertiary/aromatic N) is 4. The molecule has 5 rings (SSSR count). The fraction of sp³-hybridized carbons (Fsp3) is 0.452. The van der Waals surface area contributed by atoms with Gasteiger partial charge in [-0.1, -0.05) is 24.8 Å². The maximum Gasteiger partial charge on any atom is 0.417 e. The van der Waals surface area contributed by atoms with Gasteiger partial charge in [0.1, 0.15) is 6.61 Å². The SMILES string of the molecule is C=C/C=C(\C=C/N)N1CCC2(CCN(C(=O)COCC3c4cccn4CCN3S(=O)(=O)c3ccccc3C(F)(F)F)CC2)C1. The van der Waals surface area contributed by atoms with Crippen LogP contribution >= 0.6 is 0 Å². The van der Waals surface area contributed by atoms with Gasteiger partial charge in [0, 0.05) is 56.9 Å². The number of allylic oxidation sites excluding steroid dienone is 3. The average molecular weight is 634 g/mol. The molecule has 2 fully saturated rings. The number of alkyl halides is 3. The number of sulfonamides is 1. The van der Waals surface area contributed by atoms with Crippen molar-refractivity contribution in [1.82, 2.24) is 18.7 Å². The molecule has 2 saturated heterocycles. The molecule has 1 amide bonds. The monoisotopic (exact) mass is 633 g/mol. The van der Waals surface area contributed by atoms with E-state index in [1.165, 1.54) is 12.3 Å². The maximum atomic E-state index is 13.7. The van der Waals surface area contributed by atoms with Crippen molar-refractivity contribution in [1.29, 1.82) is 0 Å². The molecular formula is C31H38F3N5O4S. The van der Waals surface area contributed by atoms with E-state index in [2.05, 4.69) is 11.5 Å². The van der Waals surface area contributed by atoms with Crippen molar-refractivity contribution >= 4 is 15.9 Å². The number of fused-ring (bicyclic) bond motifs is 1. The van der Waals surface area contributed by atoms with Gasteiger partial charge in [0.15, 0.2) is 0 Å². The molecule has 0 aliphatic carbocycles. The molecule has 1 spiro atoms. The van der Waals surface area contributed by atoms with E-state index in [9.17, 15) is 26.4 Å². The Hall–Kier alpha value is -3.55. The molecule has 44 heavy (non-hydrogen) atoms. The Morgan fingerprint density at radius 2 is 1.75 bits per heavy atom. The van der Waals surface area contributed by atoms with E-state index in [1.54, 1.807) is 29.3 Å². The molecule has 9 nitrogen and oxygen atoms in total. The molecule has 0 bridgehead atoms. The van der Waals surface area contributed by atoms with Crippen LogP contribution < -0.4 is 5.73 Å². The van der Waals surface area contributed by atoms with Crippen LogP contribution in [0.25, 0.3) is 0 Å². The highest BCUT2D eigenvalue weighted by Crippen LogP contribution is 2.42. The number of halogens is 3. The Bertz CT molecular complexity index is 1530. The van der Waals surface area contributed by atoms with Crippen molar-refractivity contribution in [2.75, 3.05) is 45.9 Å². The van der Waals surface area contributed by atoms with Gasteiger partial charge in [-0.2, -0.15) is 17.5 Å². The number of likely N-dealkylation sites (tertiary alicyclic amines) is 2. The highest BCUT2D eigenvalue weighted by molar-refractivity contribution is 7.89. The van der Waals surface area contributed by atoms with Gasteiger partial charge in [0.25, 0.3) is 0 Å². The second kappa shape index (κ2) is 12.8. The number of hydrogen-bond acceptors (Lipinski definition) is 6. The molecule has 1 aromatic carbocycles. The van der Waals surface area contributed by atoms with Crippen LogP contribution in [-0.4, -0.2) is 78.9 Å². The van der Waals surface area contributed by atoms with E-state index >= 15 is 0 Å². The number of rotatable bonds is 9. The zero-order valence-corrected chi connectivity index (χ0v) is 25.3. The van der Waals surface area contributed by atoms with E-state index in [1.807, 2.05) is 16.7 Å². The minimum Gasteiger partial charge on any atom is -0.405 e. The van der Waals surface area contributed by atoms with E-state index in [0.717, 1.165) is 60.6 Å². The zero-order valence-electron chi connectivity index (χ0n) is 24.5. The summed E-state index contributed by atoms with van der Waals surface area (Å²) in [5, 5.41) is 0. The number of amides is 1. The molecule has 0 saturated carbocycles. The van der Waals surface area contributed by atoms with Crippen molar-refractivity contribution in [2.24, 2.45) is 11.1 Å². The Balaban J connectivity index is 1.22. The van der Waals surface area contributed by atoms with Crippen LogP contribution in [-0.2, 0) is 32.3 Å². The average Bonchev–Trinajstić information content (AvgIpc) is 3.65. The molecule has 3 aliphatic rings. The Morgan fingerprint density at radius 1 is 1.05 bits per heavy atom. The van der Waals surface area contributed by atoms with Crippen LogP contribution in [0, 0.1) is 5.41 Å². The van der Waals surface area contributed by atoms with Gasteiger partial charge in [-0.3, -0.25) is 4.79 Å². The predicted molar refractivity (Wildman–Crippen MR) is 159 cm³/mol. The third kappa shape index (κ3) is 6.45. The quantitative estimate of drug-likeness (QED) is 0.417. The number of benzene rings is 1. The van der Waals surface area contributed by atoms with Gasteiger partial charge in [0.05, 0.1) is 23.1 Å². The second-order valence-corrected chi connectivity index (χ2v) is 13.4. The third-order valence-corrected chi connectivity index (χ3v) is 10.9. The van der Waals surface area contributed by atoms with E-state index in [-0.39, 0.29) is 37.6 Å². The molecule has 4 heterocycles. The standard InChI is InChI=1S/C31H38F3N5O4S/c1-2-6-24(10-14-35)38-18-13-30(23-38)11-16-37(17-12-30)29(40)22-43-21-27-26-8-5-15-36(26)19-20-39(27)44(41,42)28-9-4-3-7-25(28)31(32,33)34/h2-10,14-15,27H,1,11-13,16-23,35H2/b14-10-,24-6+. The zero-order chi connectivity index (χ0) is 31.5. The summed E-state index contributed by atoms with van der Waals surface area (Å²) in [4.78, 5) is 16.4. The van der Waals surface area contributed by atoms with Gasteiger partial charge >= 0.3 is 6.18 Å². The van der Waals surface area contributed by atoms with Gasteiger partial charge in [-0.25, -0.2) is 8.42 Å². The molecule has 2 N–H and O–H groups in total. The molecule has 1 unspecified atom stereocenters. The smallest absolute Gasteiger partial charge is 0.405 e. The highest BCUT2D eigenvalue weighted by Gasteiger charge is 2.44. The lowest BCUT2D eigenvalue weighted by atomic mass is 9.78. The maximum absolute atomic E-state index is 13.7. The van der Waals surface area contributed by atoms with Gasteiger partial charge in [-0.05, 0) is 67.3 Å². The first-order chi connectivity index (χ1) is 21.0.